The number of carbonyl (C=O) groups excluding carboxylic acids is 1. The Kier molecular flexibility index (Phi) is 5.69. The first-order valence-corrected chi connectivity index (χ1v) is 10.3. The highest BCUT2D eigenvalue weighted by molar-refractivity contribution is 7.86. The van der Waals surface area contributed by atoms with E-state index in [0.717, 1.165) is 37.7 Å². The molecule has 0 bridgehead atoms. The standard InChI is InChI=1S/C18H26N2O3S/c21-18(11-10-16-7-2-1-3-8-16)17-9-6-14-20(15-17)24(22,23)19-12-4-5-13-19/h1-3,7-8,17H,4-6,9-15H2/t17-/m1/s1. The maximum absolute atomic E-state index is 12.7. The third kappa shape index (κ3) is 4.05. The molecule has 0 N–H and O–H groups in total. The molecule has 132 valence electrons. The summed E-state index contributed by atoms with van der Waals surface area (Å²) in [7, 11) is -3.38. The van der Waals surface area contributed by atoms with E-state index in [1.54, 1.807) is 4.31 Å². The molecule has 0 aromatic heterocycles. The molecule has 2 saturated heterocycles. The molecule has 0 radical (unpaired) electrons. The van der Waals surface area contributed by atoms with Gasteiger partial charge >= 0.3 is 0 Å². The molecule has 2 aliphatic heterocycles. The lowest BCUT2D eigenvalue weighted by molar-refractivity contribution is -0.123. The number of Topliss-reactive ketones (excluding diaryl/α,β-unsaturated/α-hetero) is 1. The summed E-state index contributed by atoms with van der Waals surface area (Å²) in [4.78, 5) is 12.5. The van der Waals surface area contributed by atoms with Gasteiger partial charge in [-0.15, -0.1) is 0 Å². The number of rotatable bonds is 6. The third-order valence-electron chi connectivity index (χ3n) is 5.06. The van der Waals surface area contributed by atoms with Crippen LogP contribution in [-0.4, -0.2) is 49.0 Å². The maximum atomic E-state index is 12.7. The number of piperidine rings is 1. The summed E-state index contributed by atoms with van der Waals surface area (Å²) in [5.74, 6) is 0.0417. The maximum Gasteiger partial charge on any atom is 0.281 e. The van der Waals surface area contributed by atoms with E-state index in [4.69, 9.17) is 0 Å². The molecule has 2 fully saturated rings. The summed E-state index contributed by atoms with van der Waals surface area (Å²) in [6.45, 7) is 2.13. The largest absolute Gasteiger partial charge is 0.299 e. The van der Waals surface area contributed by atoms with Gasteiger partial charge < -0.3 is 0 Å². The van der Waals surface area contributed by atoms with Crippen LogP contribution in [0.4, 0.5) is 0 Å². The number of nitrogens with zero attached hydrogens (tertiary/aromatic N) is 2. The molecule has 0 aliphatic carbocycles. The van der Waals surface area contributed by atoms with Gasteiger partial charge in [0.2, 0.25) is 0 Å². The van der Waals surface area contributed by atoms with E-state index < -0.39 is 10.2 Å². The molecule has 2 aliphatic rings. The molecule has 24 heavy (non-hydrogen) atoms. The molecule has 2 heterocycles. The van der Waals surface area contributed by atoms with Crippen LogP contribution in [0.3, 0.4) is 0 Å². The number of hydrogen-bond donors (Lipinski definition) is 0. The van der Waals surface area contributed by atoms with E-state index >= 15 is 0 Å². The van der Waals surface area contributed by atoms with Crippen molar-refractivity contribution < 1.29 is 13.2 Å². The van der Waals surface area contributed by atoms with Crippen LogP contribution in [0.1, 0.15) is 37.7 Å². The van der Waals surface area contributed by atoms with Crippen LogP contribution in [0.25, 0.3) is 0 Å². The Balaban J connectivity index is 1.57. The van der Waals surface area contributed by atoms with Crippen molar-refractivity contribution in [3.05, 3.63) is 35.9 Å². The average Bonchev–Trinajstić information content (AvgIpc) is 3.16. The van der Waals surface area contributed by atoms with Crippen molar-refractivity contribution in [2.45, 2.75) is 38.5 Å². The zero-order chi connectivity index (χ0) is 17.0. The lowest BCUT2D eigenvalue weighted by Gasteiger charge is -2.33. The number of benzene rings is 1. The molecular weight excluding hydrogens is 324 g/mol. The summed E-state index contributed by atoms with van der Waals surface area (Å²) in [5, 5.41) is 0. The summed E-state index contributed by atoms with van der Waals surface area (Å²) < 4.78 is 28.5. The highest BCUT2D eigenvalue weighted by Gasteiger charge is 2.36. The Morgan fingerprint density at radius 3 is 2.38 bits per heavy atom. The van der Waals surface area contributed by atoms with Crippen LogP contribution in [0.5, 0.6) is 0 Å². The van der Waals surface area contributed by atoms with Crippen LogP contribution < -0.4 is 0 Å². The number of carbonyl (C=O) groups is 1. The molecule has 0 saturated carbocycles. The van der Waals surface area contributed by atoms with Gasteiger partial charge in [-0.3, -0.25) is 4.79 Å². The van der Waals surface area contributed by atoms with Crippen molar-refractivity contribution in [3.8, 4) is 0 Å². The zero-order valence-corrected chi connectivity index (χ0v) is 14.9. The topological polar surface area (TPSA) is 57.7 Å². The predicted molar refractivity (Wildman–Crippen MR) is 93.8 cm³/mol. The van der Waals surface area contributed by atoms with Crippen LogP contribution >= 0.6 is 0 Å². The van der Waals surface area contributed by atoms with Crippen LogP contribution in [0.15, 0.2) is 30.3 Å². The number of aryl methyl sites for hydroxylation is 1. The normalized spacial score (nSPS) is 23.4. The van der Waals surface area contributed by atoms with Gasteiger partial charge in [-0.25, -0.2) is 0 Å². The summed E-state index contributed by atoms with van der Waals surface area (Å²) >= 11 is 0. The second-order valence-electron chi connectivity index (χ2n) is 6.76. The molecular formula is C18H26N2O3S. The summed E-state index contributed by atoms with van der Waals surface area (Å²) in [6, 6.07) is 9.97. The van der Waals surface area contributed by atoms with Crippen molar-refractivity contribution in [1.29, 1.82) is 0 Å². The molecule has 0 amide bonds. The van der Waals surface area contributed by atoms with Crippen LogP contribution in [0.2, 0.25) is 0 Å². The Labute approximate surface area is 144 Å². The third-order valence-corrected chi connectivity index (χ3v) is 7.06. The van der Waals surface area contributed by atoms with E-state index in [9.17, 15) is 13.2 Å². The minimum atomic E-state index is -3.38. The average molecular weight is 350 g/mol. The highest BCUT2D eigenvalue weighted by atomic mass is 32.2. The SMILES string of the molecule is O=C(CCc1ccccc1)[C@@H]1CCCN(S(=O)(=O)N2CCCC2)C1. The molecule has 0 spiro atoms. The predicted octanol–water partition coefficient (Wildman–Crippen LogP) is 2.24. The van der Waals surface area contributed by atoms with Crippen LogP contribution in [0, 0.1) is 5.92 Å². The molecule has 6 heteroatoms. The van der Waals surface area contributed by atoms with Gasteiger partial charge in [0.05, 0.1) is 0 Å². The number of ketones is 1. The fourth-order valence-corrected chi connectivity index (χ4v) is 5.39. The minimum Gasteiger partial charge on any atom is -0.299 e. The zero-order valence-electron chi connectivity index (χ0n) is 14.1. The molecule has 1 aromatic carbocycles. The molecule has 1 atom stereocenters. The van der Waals surface area contributed by atoms with E-state index in [-0.39, 0.29) is 11.7 Å². The Bertz CT molecular complexity index is 654. The Hall–Kier alpha value is -1.24. The van der Waals surface area contributed by atoms with Gasteiger partial charge in [0.1, 0.15) is 5.78 Å². The second kappa shape index (κ2) is 7.76. The molecule has 1 aromatic rings. The molecule has 3 rings (SSSR count). The van der Waals surface area contributed by atoms with Gasteiger partial charge in [-0.05, 0) is 37.7 Å². The molecule has 0 unspecified atom stereocenters. The van der Waals surface area contributed by atoms with Crippen molar-refractivity contribution in [2.75, 3.05) is 26.2 Å². The fourth-order valence-electron chi connectivity index (χ4n) is 3.61. The van der Waals surface area contributed by atoms with E-state index in [1.807, 2.05) is 30.3 Å². The first-order valence-electron chi connectivity index (χ1n) is 8.89. The van der Waals surface area contributed by atoms with Gasteiger partial charge in [-0.2, -0.15) is 17.0 Å². The van der Waals surface area contributed by atoms with Crippen molar-refractivity contribution >= 4 is 16.0 Å². The summed E-state index contributed by atoms with van der Waals surface area (Å²) in [5.41, 5.74) is 1.16. The van der Waals surface area contributed by atoms with Gasteiger partial charge in [0.15, 0.2) is 0 Å². The Morgan fingerprint density at radius 1 is 1.00 bits per heavy atom. The lowest BCUT2D eigenvalue weighted by atomic mass is 9.91. The van der Waals surface area contributed by atoms with Gasteiger partial charge in [0.25, 0.3) is 10.2 Å². The van der Waals surface area contributed by atoms with E-state index in [0.29, 0.717) is 32.6 Å². The first kappa shape index (κ1) is 17.6. The smallest absolute Gasteiger partial charge is 0.281 e. The summed E-state index contributed by atoms with van der Waals surface area (Å²) in [6.07, 6.45) is 4.68. The quantitative estimate of drug-likeness (QED) is 0.791. The lowest BCUT2D eigenvalue weighted by Crippen LogP contribution is -2.48. The van der Waals surface area contributed by atoms with Crippen molar-refractivity contribution in [1.82, 2.24) is 8.61 Å². The second-order valence-corrected chi connectivity index (χ2v) is 8.69. The Morgan fingerprint density at radius 2 is 1.67 bits per heavy atom. The minimum absolute atomic E-state index is 0.153. The molecule has 5 nitrogen and oxygen atoms in total. The first-order chi connectivity index (χ1) is 11.6. The fraction of sp³-hybridized carbons (Fsp3) is 0.611. The van der Waals surface area contributed by atoms with Crippen molar-refractivity contribution in [2.24, 2.45) is 5.92 Å². The van der Waals surface area contributed by atoms with E-state index in [2.05, 4.69) is 0 Å². The van der Waals surface area contributed by atoms with Crippen molar-refractivity contribution in [3.63, 3.8) is 0 Å². The monoisotopic (exact) mass is 350 g/mol. The number of hydrogen-bond acceptors (Lipinski definition) is 3. The van der Waals surface area contributed by atoms with Crippen LogP contribution in [-0.2, 0) is 21.4 Å². The van der Waals surface area contributed by atoms with Gasteiger partial charge in [0, 0.05) is 38.5 Å². The highest BCUT2D eigenvalue weighted by Crippen LogP contribution is 2.25. The van der Waals surface area contributed by atoms with Gasteiger partial charge in [-0.1, -0.05) is 30.3 Å². The van der Waals surface area contributed by atoms with E-state index in [1.165, 1.54) is 4.31 Å².